The number of hydrogen-bond donors (Lipinski definition) is 1. The molecule has 0 aliphatic carbocycles. The van der Waals surface area contributed by atoms with Gasteiger partial charge < -0.3 is 14.6 Å². The second kappa shape index (κ2) is 11.3. The van der Waals surface area contributed by atoms with Crippen molar-refractivity contribution in [1.29, 1.82) is 0 Å². The van der Waals surface area contributed by atoms with Gasteiger partial charge in [0.25, 0.3) is 10.0 Å². The summed E-state index contributed by atoms with van der Waals surface area (Å²) in [5.74, 6) is -0.416. The fourth-order valence-corrected chi connectivity index (χ4v) is 6.90. The second-order valence-electron chi connectivity index (χ2n) is 7.89. The van der Waals surface area contributed by atoms with E-state index in [1.54, 1.807) is 25.3 Å². The fraction of sp³-hybridized carbons (Fsp3) is 0.208. The molecule has 10 nitrogen and oxygen atoms in total. The van der Waals surface area contributed by atoms with Crippen molar-refractivity contribution in [3.63, 3.8) is 0 Å². The van der Waals surface area contributed by atoms with Crippen molar-refractivity contribution in [3.05, 3.63) is 71.0 Å². The molecule has 0 bridgehead atoms. The molecule has 0 amide bonds. The second-order valence-corrected chi connectivity index (χ2v) is 11.0. The minimum absolute atomic E-state index is 0. The molecular weight excluding hydrogens is 529 g/mol. The van der Waals surface area contributed by atoms with Crippen LogP contribution in [0.2, 0.25) is 0 Å². The fourth-order valence-electron chi connectivity index (χ4n) is 3.81. The summed E-state index contributed by atoms with van der Waals surface area (Å²) in [6.45, 7) is 3.62. The zero-order valence-electron chi connectivity index (χ0n) is 20.9. The van der Waals surface area contributed by atoms with Gasteiger partial charge in [-0.15, -0.1) is 0 Å². The predicted molar refractivity (Wildman–Crippen MR) is 138 cm³/mol. The number of carboxylic acids is 1. The summed E-state index contributed by atoms with van der Waals surface area (Å²) in [7, 11) is -3.39. The molecule has 4 rings (SSSR count). The van der Waals surface area contributed by atoms with Crippen LogP contribution in [0.1, 0.15) is 27.2 Å². The molecular formula is C24H23N3NaO7S2. The zero-order valence-corrected chi connectivity index (χ0v) is 24.5. The molecule has 2 aromatic carbocycles. The Kier molecular flexibility index (Phi) is 8.81. The van der Waals surface area contributed by atoms with Gasteiger partial charge in [0.1, 0.15) is 11.5 Å². The number of aromatic carboxylic acids is 1. The van der Waals surface area contributed by atoms with E-state index in [0.29, 0.717) is 22.8 Å². The number of carbonyl (C=O) groups is 1. The number of methoxy groups -OCH3 is 2. The van der Waals surface area contributed by atoms with E-state index in [9.17, 15) is 22.5 Å². The van der Waals surface area contributed by atoms with Crippen LogP contribution in [0.25, 0.3) is 11.0 Å². The van der Waals surface area contributed by atoms with Crippen molar-refractivity contribution in [1.82, 2.24) is 13.9 Å². The van der Waals surface area contributed by atoms with Gasteiger partial charge in [-0.05, 0) is 44.2 Å². The molecule has 0 aliphatic heterocycles. The maximum Gasteiger partial charge on any atom is 0.335 e. The van der Waals surface area contributed by atoms with E-state index < -0.39 is 26.8 Å². The molecule has 0 fully saturated rings. The Hall–Kier alpha value is -2.77. The van der Waals surface area contributed by atoms with Crippen molar-refractivity contribution in [2.24, 2.45) is 0 Å². The van der Waals surface area contributed by atoms with Crippen LogP contribution >= 0.6 is 0 Å². The average molecular weight is 553 g/mol. The Labute approximate surface area is 238 Å². The third-order valence-electron chi connectivity index (χ3n) is 5.63. The minimum atomic E-state index is -4.40. The van der Waals surface area contributed by atoms with Crippen molar-refractivity contribution >= 4 is 67.4 Å². The Morgan fingerprint density at radius 3 is 2.49 bits per heavy atom. The zero-order chi connectivity index (χ0) is 26.2. The van der Waals surface area contributed by atoms with Crippen LogP contribution in [-0.4, -0.2) is 81.4 Å². The van der Waals surface area contributed by atoms with Crippen LogP contribution in [0.15, 0.2) is 58.7 Å². The number of nitrogens with zero attached hydrogens (tertiary/aromatic N) is 3. The van der Waals surface area contributed by atoms with E-state index in [1.165, 1.54) is 38.5 Å². The Morgan fingerprint density at radius 1 is 1.11 bits per heavy atom. The van der Waals surface area contributed by atoms with E-state index in [4.69, 9.17) is 9.47 Å². The Bertz CT molecular complexity index is 1640. The molecule has 0 saturated carbocycles. The standard InChI is InChI=1S/C24H23N3O7S2.Na/c1-14-12-25-20(15(2)22(14)34-4)13-35(30)24-26-19-9-8-17(33-3)11-21(19)27(24)36(31,32)18-7-5-6-16(10-18)23(28)29;/h5-12H,13H2,1-4H3,(H,28,29);. The number of benzene rings is 2. The number of rotatable bonds is 8. The maximum absolute atomic E-state index is 13.8. The van der Waals surface area contributed by atoms with Crippen molar-refractivity contribution in [2.45, 2.75) is 29.7 Å². The molecule has 0 aliphatic rings. The quantitative estimate of drug-likeness (QED) is 0.327. The van der Waals surface area contributed by atoms with Gasteiger partial charge in [0.2, 0.25) is 5.16 Å². The molecule has 1 N–H and O–H groups in total. The first-order valence-electron chi connectivity index (χ1n) is 10.6. The monoisotopic (exact) mass is 552 g/mol. The first-order chi connectivity index (χ1) is 17.1. The van der Waals surface area contributed by atoms with Crippen molar-refractivity contribution in [3.8, 4) is 11.5 Å². The van der Waals surface area contributed by atoms with Crippen LogP contribution in [0.5, 0.6) is 11.5 Å². The number of pyridine rings is 1. The van der Waals surface area contributed by atoms with Gasteiger partial charge in [-0.3, -0.25) is 9.19 Å². The molecule has 37 heavy (non-hydrogen) atoms. The molecule has 2 aromatic heterocycles. The number of aromatic nitrogens is 3. The van der Waals surface area contributed by atoms with Gasteiger partial charge in [0, 0.05) is 52.9 Å². The topological polar surface area (TPSA) is 138 Å². The molecule has 13 heteroatoms. The number of hydrogen-bond acceptors (Lipinski definition) is 8. The largest absolute Gasteiger partial charge is 0.497 e. The predicted octanol–water partition coefficient (Wildman–Crippen LogP) is 2.93. The maximum atomic E-state index is 13.8. The first kappa shape index (κ1) is 28.8. The van der Waals surface area contributed by atoms with Crippen LogP contribution in [-0.2, 0) is 26.6 Å². The molecule has 2 heterocycles. The third-order valence-corrected chi connectivity index (χ3v) is 8.66. The van der Waals surface area contributed by atoms with E-state index >= 15 is 0 Å². The van der Waals surface area contributed by atoms with Gasteiger partial charge in [-0.25, -0.2) is 22.2 Å². The van der Waals surface area contributed by atoms with E-state index in [2.05, 4.69) is 9.97 Å². The molecule has 189 valence electrons. The summed E-state index contributed by atoms with van der Waals surface area (Å²) in [5, 5.41) is 9.12. The number of aryl methyl sites for hydroxylation is 1. The molecule has 0 saturated heterocycles. The number of carboxylic acid groups (broad SMARTS) is 1. The average Bonchev–Trinajstić information content (AvgIpc) is 3.26. The normalized spacial score (nSPS) is 12.1. The van der Waals surface area contributed by atoms with Gasteiger partial charge in [0.05, 0.1) is 58.0 Å². The SMILES string of the molecule is COc1ccc2nc(S(=O)Cc3ncc(C)c(OC)c3C)n(S(=O)(=O)c3cccc(C(=O)O)c3)c2c1.[Na]. The van der Waals surface area contributed by atoms with Crippen LogP contribution in [0.4, 0.5) is 0 Å². The van der Waals surface area contributed by atoms with Gasteiger partial charge in [-0.1, -0.05) is 6.07 Å². The molecule has 1 atom stereocenters. The smallest absolute Gasteiger partial charge is 0.335 e. The molecule has 1 radical (unpaired) electrons. The van der Waals surface area contributed by atoms with E-state index in [0.717, 1.165) is 15.6 Å². The van der Waals surface area contributed by atoms with Crippen molar-refractivity contribution < 1.29 is 32.0 Å². The first-order valence-corrected chi connectivity index (χ1v) is 13.4. The summed E-state index contributed by atoms with van der Waals surface area (Å²) in [5.41, 5.74) is 2.19. The number of imidazole rings is 1. The summed E-state index contributed by atoms with van der Waals surface area (Å²) < 4.78 is 52.7. The van der Waals surface area contributed by atoms with Gasteiger partial charge >= 0.3 is 5.97 Å². The molecule has 4 aromatic rings. The van der Waals surface area contributed by atoms with Crippen molar-refractivity contribution in [2.75, 3.05) is 14.2 Å². The number of ether oxygens (including phenoxy) is 2. The van der Waals surface area contributed by atoms with Gasteiger partial charge in [0.15, 0.2) is 0 Å². The summed E-state index contributed by atoms with van der Waals surface area (Å²) in [6, 6.07) is 9.59. The Balaban J connectivity index is 0.00000380. The van der Waals surface area contributed by atoms with Gasteiger partial charge in [-0.2, -0.15) is 0 Å². The van der Waals surface area contributed by atoms with E-state index in [1.807, 2.05) is 6.92 Å². The van der Waals surface area contributed by atoms with Crippen LogP contribution in [0.3, 0.4) is 0 Å². The van der Waals surface area contributed by atoms with E-state index in [-0.39, 0.29) is 62.0 Å². The van der Waals surface area contributed by atoms with Crippen LogP contribution < -0.4 is 9.47 Å². The van der Waals surface area contributed by atoms with Crippen LogP contribution in [0, 0.1) is 13.8 Å². The minimum Gasteiger partial charge on any atom is -0.497 e. The number of fused-ring (bicyclic) bond motifs is 1. The third kappa shape index (κ3) is 5.43. The molecule has 1 unspecified atom stereocenters. The Morgan fingerprint density at radius 2 is 1.84 bits per heavy atom. The molecule has 0 spiro atoms. The summed E-state index contributed by atoms with van der Waals surface area (Å²) in [4.78, 5) is 19.9. The summed E-state index contributed by atoms with van der Waals surface area (Å²) in [6.07, 6.45) is 1.60. The summed E-state index contributed by atoms with van der Waals surface area (Å²) >= 11 is 0.